The van der Waals surface area contributed by atoms with Crippen LogP contribution in [0.25, 0.3) is 41.3 Å². The van der Waals surface area contributed by atoms with Crippen molar-refractivity contribution in [1.82, 2.24) is 4.98 Å². The molecule has 0 radical (unpaired) electrons. The van der Waals surface area contributed by atoms with Crippen LogP contribution >= 0.6 is 22.7 Å². The van der Waals surface area contributed by atoms with Crippen molar-refractivity contribution in [1.29, 1.82) is 0 Å². The zero-order valence-electron chi connectivity index (χ0n) is 14.0. The molecule has 0 unspecified atom stereocenters. The number of nitrogens with zero attached hydrogens (tertiary/aromatic N) is 1. The van der Waals surface area contributed by atoms with Gasteiger partial charge in [-0.3, -0.25) is 0 Å². The normalized spacial score (nSPS) is 13.1. The third-order valence-corrected chi connectivity index (χ3v) is 7.58. The average molecular weight is 370 g/mol. The molecule has 5 aromatic rings. The Morgan fingerprint density at radius 3 is 2.46 bits per heavy atom. The van der Waals surface area contributed by atoms with Crippen LogP contribution in [0.1, 0.15) is 11.1 Å². The summed E-state index contributed by atoms with van der Waals surface area (Å²) in [6.07, 6.45) is 2.36. The fourth-order valence-corrected chi connectivity index (χ4v) is 6.10. The third kappa shape index (κ3) is 2.11. The summed E-state index contributed by atoms with van der Waals surface area (Å²) in [4.78, 5) is 7.40. The van der Waals surface area contributed by atoms with Crippen molar-refractivity contribution in [3.05, 3.63) is 77.9 Å². The smallest absolute Gasteiger partial charge is 0.134 e. The first kappa shape index (κ1) is 14.7. The molecule has 0 N–H and O–H groups in total. The van der Waals surface area contributed by atoms with E-state index in [9.17, 15) is 0 Å². The maximum absolute atomic E-state index is 4.82. The molecule has 1 aliphatic rings. The maximum Gasteiger partial charge on any atom is 0.134 e. The molecule has 0 fully saturated rings. The Morgan fingerprint density at radius 2 is 1.54 bits per heavy atom. The minimum atomic E-state index is 1.09. The monoisotopic (exact) mass is 369 g/mol. The fourth-order valence-electron chi connectivity index (χ4n) is 4.04. The van der Waals surface area contributed by atoms with E-state index in [0.29, 0.717) is 0 Å². The number of fused-ring (bicyclic) bond motifs is 1. The Morgan fingerprint density at radius 1 is 0.692 bits per heavy atom. The largest absolute Gasteiger partial charge is 0.235 e. The van der Waals surface area contributed by atoms with E-state index in [1.54, 1.807) is 11.3 Å². The maximum atomic E-state index is 4.82. The number of rotatable bonds is 2. The van der Waals surface area contributed by atoms with Crippen LogP contribution in [0, 0.1) is 0 Å². The minimum Gasteiger partial charge on any atom is -0.235 e. The number of hydrogen-bond donors (Lipinski definition) is 0. The second kappa shape index (κ2) is 5.50. The molecule has 0 saturated carbocycles. The van der Waals surface area contributed by atoms with Gasteiger partial charge >= 0.3 is 0 Å². The van der Waals surface area contributed by atoms with Crippen molar-refractivity contribution >= 4 is 43.7 Å². The summed E-state index contributed by atoms with van der Waals surface area (Å²) in [5.41, 5.74) is 5.45. The first-order valence-corrected chi connectivity index (χ1v) is 10.5. The lowest BCUT2D eigenvalue weighted by Crippen LogP contribution is -1.82. The van der Waals surface area contributed by atoms with Crippen LogP contribution in [0.15, 0.2) is 66.7 Å². The summed E-state index contributed by atoms with van der Waals surface area (Å²) in [6.45, 7) is 0. The summed E-state index contributed by atoms with van der Waals surface area (Å²) in [6, 6.07) is 24.2. The highest BCUT2D eigenvalue weighted by atomic mass is 32.1. The van der Waals surface area contributed by atoms with Crippen molar-refractivity contribution in [3.63, 3.8) is 0 Å². The van der Waals surface area contributed by atoms with Crippen LogP contribution in [0.2, 0.25) is 0 Å². The molecule has 1 nitrogen and oxygen atoms in total. The molecule has 0 bridgehead atoms. The molecule has 0 aliphatic heterocycles. The molecule has 3 aromatic carbocycles. The van der Waals surface area contributed by atoms with Crippen LogP contribution in [0.5, 0.6) is 0 Å². The van der Waals surface area contributed by atoms with E-state index in [1.165, 1.54) is 54.8 Å². The van der Waals surface area contributed by atoms with Crippen LogP contribution < -0.4 is 0 Å². The highest BCUT2D eigenvalue weighted by Crippen LogP contribution is 2.42. The molecular weight excluding hydrogens is 354 g/mol. The molecule has 0 spiro atoms. The van der Waals surface area contributed by atoms with Gasteiger partial charge in [0.2, 0.25) is 0 Å². The van der Waals surface area contributed by atoms with Gasteiger partial charge in [0.05, 0.1) is 15.1 Å². The Labute approximate surface area is 159 Å². The van der Waals surface area contributed by atoms with Crippen LogP contribution in [0.4, 0.5) is 0 Å². The van der Waals surface area contributed by atoms with Gasteiger partial charge in [0.25, 0.3) is 0 Å². The number of aryl methyl sites for hydroxylation is 2. The lowest BCUT2D eigenvalue weighted by atomic mass is 9.99. The van der Waals surface area contributed by atoms with Crippen molar-refractivity contribution < 1.29 is 0 Å². The Kier molecular flexibility index (Phi) is 3.10. The molecule has 2 aromatic heterocycles. The van der Waals surface area contributed by atoms with Gasteiger partial charge in [0.1, 0.15) is 5.01 Å². The van der Waals surface area contributed by atoms with Gasteiger partial charge in [-0.25, -0.2) is 4.98 Å². The van der Waals surface area contributed by atoms with Crippen molar-refractivity contribution in [3.8, 4) is 20.3 Å². The van der Waals surface area contributed by atoms with E-state index >= 15 is 0 Å². The lowest BCUT2D eigenvalue weighted by molar-refractivity contribution is 1.02. The van der Waals surface area contributed by atoms with Crippen molar-refractivity contribution in [2.75, 3.05) is 0 Å². The van der Waals surface area contributed by atoms with Gasteiger partial charge in [-0.05, 0) is 64.6 Å². The minimum absolute atomic E-state index is 1.09. The van der Waals surface area contributed by atoms with Gasteiger partial charge in [0.15, 0.2) is 0 Å². The summed E-state index contributed by atoms with van der Waals surface area (Å²) < 4.78 is 1.25. The van der Waals surface area contributed by atoms with Crippen molar-refractivity contribution in [2.45, 2.75) is 12.8 Å². The third-order valence-electron chi connectivity index (χ3n) is 5.25. The Hall–Kier alpha value is -2.49. The Balaban J connectivity index is 1.51. The van der Waals surface area contributed by atoms with Crippen LogP contribution in [-0.2, 0) is 12.8 Å². The first-order chi connectivity index (χ1) is 12.9. The summed E-state index contributed by atoms with van der Waals surface area (Å²) >= 11 is 3.63. The molecular formula is C23H15NS2. The quantitative estimate of drug-likeness (QED) is 0.328. The Bertz CT molecular complexity index is 1250. The molecule has 124 valence electrons. The second-order valence-electron chi connectivity index (χ2n) is 6.76. The molecule has 26 heavy (non-hydrogen) atoms. The van der Waals surface area contributed by atoms with E-state index in [2.05, 4.69) is 66.7 Å². The van der Waals surface area contributed by atoms with E-state index < -0.39 is 0 Å². The molecule has 1 aliphatic carbocycles. The fraction of sp³-hybridized carbons (Fsp3) is 0.0870. The van der Waals surface area contributed by atoms with Gasteiger partial charge < -0.3 is 0 Å². The number of thiophene rings is 1. The summed E-state index contributed by atoms with van der Waals surface area (Å²) in [7, 11) is 0. The van der Waals surface area contributed by atoms with Gasteiger partial charge in [-0.1, -0.05) is 42.5 Å². The zero-order chi connectivity index (χ0) is 17.1. The number of benzene rings is 3. The molecule has 2 heterocycles. The van der Waals surface area contributed by atoms with Crippen LogP contribution in [-0.4, -0.2) is 4.98 Å². The van der Waals surface area contributed by atoms with Gasteiger partial charge in [0, 0.05) is 4.88 Å². The topological polar surface area (TPSA) is 12.9 Å². The van der Waals surface area contributed by atoms with Crippen LogP contribution in [0.3, 0.4) is 0 Å². The highest BCUT2D eigenvalue weighted by Gasteiger charge is 2.17. The number of para-hydroxylation sites is 1. The van der Waals surface area contributed by atoms with E-state index in [-0.39, 0.29) is 0 Å². The SMILES string of the molecule is c1ccc2sc(-c3ccc(-c4ccc5c6c(cccc46)CC5)s3)nc2c1. The van der Waals surface area contributed by atoms with Gasteiger partial charge in [-0.2, -0.15) is 0 Å². The number of aromatic nitrogens is 1. The van der Waals surface area contributed by atoms with E-state index in [0.717, 1.165) is 10.5 Å². The second-order valence-corrected chi connectivity index (χ2v) is 8.88. The molecule has 3 heteroatoms. The first-order valence-electron chi connectivity index (χ1n) is 8.86. The zero-order valence-corrected chi connectivity index (χ0v) is 15.7. The standard InChI is InChI=1S/C23H15NS2/c1-2-7-20-18(6-1)24-23(26-20)21-13-12-19(25-21)16-11-10-15-9-8-14-4-3-5-17(16)22(14)15/h1-7,10-13H,8-9H2. The molecule has 6 rings (SSSR count). The van der Waals surface area contributed by atoms with Crippen molar-refractivity contribution in [2.24, 2.45) is 0 Å². The van der Waals surface area contributed by atoms with Gasteiger partial charge in [-0.15, -0.1) is 22.7 Å². The summed E-state index contributed by atoms with van der Waals surface area (Å²) in [5.74, 6) is 0. The summed E-state index contributed by atoms with van der Waals surface area (Å²) in [5, 5.41) is 4.00. The predicted molar refractivity (Wildman–Crippen MR) is 113 cm³/mol. The number of hydrogen-bond acceptors (Lipinski definition) is 3. The average Bonchev–Trinajstić information content (AvgIpc) is 3.40. The molecule has 0 amide bonds. The van der Waals surface area contributed by atoms with E-state index in [1.807, 2.05) is 11.3 Å². The molecule has 0 saturated heterocycles. The number of thiazole rings is 1. The molecule has 0 atom stereocenters. The van der Waals surface area contributed by atoms with E-state index in [4.69, 9.17) is 4.98 Å². The lowest BCUT2D eigenvalue weighted by Gasteiger charge is -2.07. The highest BCUT2D eigenvalue weighted by molar-refractivity contribution is 7.26. The predicted octanol–water partition coefficient (Wildman–Crippen LogP) is 6.94.